The molecule has 1 aliphatic heterocycles. The van der Waals surface area contributed by atoms with Gasteiger partial charge in [-0.05, 0) is 51.5 Å². The molecule has 5 nitrogen and oxygen atoms in total. The number of amides is 1. The van der Waals surface area contributed by atoms with E-state index in [1.54, 1.807) is 17.4 Å². The highest BCUT2D eigenvalue weighted by atomic mass is 35.5. The van der Waals surface area contributed by atoms with Gasteiger partial charge in [-0.25, -0.2) is 4.98 Å². The van der Waals surface area contributed by atoms with Gasteiger partial charge in [0.05, 0.1) is 16.3 Å². The summed E-state index contributed by atoms with van der Waals surface area (Å²) in [5.41, 5.74) is 6.34. The molecular weight excluding hydrogens is 391 g/mol. The van der Waals surface area contributed by atoms with Gasteiger partial charge in [-0.2, -0.15) is 0 Å². The number of nitrogens with zero attached hydrogens (tertiary/aromatic N) is 2. The number of aryl methyl sites for hydroxylation is 2. The van der Waals surface area contributed by atoms with Gasteiger partial charge in [0.15, 0.2) is 5.13 Å². The van der Waals surface area contributed by atoms with Crippen molar-refractivity contribution in [2.24, 2.45) is 11.7 Å². The minimum absolute atomic E-state index is 0.273. The van der Waals surface area contributed by atoms with Crippen LogP contribution < -0.4 is 11.1 Å². The number of nitrogens with two attached hydrogens (primary N) is 1. The average Bonchev–Trinajstić information content (AvgIpc) is 2.93. The molecule has 2 heterocycles. The van der Waals surface area contributed by atoms with Crippen molar-refractivity contribution >= 4 is 45.6 Å². The van der Waals surface area contributed by atoms with E-state index in [1.165, 1.54) is 4.88 Å². The van der Waals surface area contributed by atoms with Crippen LogP contribution >= 0.6 is 34.5 Å². The molecule has 3 N–H and O–H groups in total. The van der Waals surface area contributed by atoms with E-state index in [9.17, 15) is 4.79 Å². The number of allylic oxidation sites excluding steroid dienone is 2. The third kappa shape index (κ3) is 4.35. The van der Waals surface area contributed by atoms with Gasteiger partial charge in [-0.3, -0.25) is 4.79 Å². The Labute approximate surface area is 168 Å². The first-order valence-electron chi connectivity index (χ1n) is 8.83. The number of anilines is 1. The number of carbonyl (C=O) groups is 1. The molecule has 0 bridgehead atoms. The number of nitrogens with one attached hydrogen (secondary N) is 1. The Morgan fingerprint density at radius 3 is 2.65 bits per heavy atom. The highest BCUT2D eigenvalue weighted by Crippen LogP contribution is 2.34. The Bertz CT molecular complexity index is 718. The lowest BCUT2D eigenvalue weighted by atomic mass is 9.85. The van der Waals surface area contributed by atoms with Crippen LogP contribution in [0.5, 0.6) is 0 Å². The first-order chi connectivity index (χ1) is 12.3. The summed E-state index contributed by atoms with van der Waals surface area (Å²) in [7, 11) is 0. The highest BCUT2D eigenvalue weighted by Gasteiger charge is 2.33. The van der Waals surface area contributed by atoms with Crippen molar-refractivity contribution in [2.75, 3.05) is 11.9 Å². The fourth-order valence-electron chi connectivity index (χ4n) is 3.53. The molecule has 0 saturated heterocycles. The Morgan fingerprint density at radius 2 is 2.08 bits per heavy atom. The number of primary amides is 1. The Morgan fingerprint density at radius 1 is 1.38 bits per heavy atom. The summed E-state index contributed by atoms with van der Waals surface area (Å²) in [6, 6.07) is 0.273. The van der Waals surface area contributed by atoms with E-state index in [0.29, 0.717) is 16.5 Å². The zero-order valence-corrected chi connectivity index (χ0v) is 17.3. The normalized spacial score (nSPS) is 26.3. The molecule has 3 rings (SSSR count). The first-order valence-corrected chi connectivity index (χ1v) is 10.5. The molecule has 1 amide bonds. The maximum Gasteiger partial charge on any atom is 0.248 e. The zero-order chi connectivity index (χ0) is 18.8. The van der Waals surface area contributed by atoms with Crippen LogP contribution in [0.4, 0.5) is 5.13 Å². The molecule has 1 saturated carbocycles. The second-order valence-electron chi connectivity index (χ2n) is 6.98. The second kappa shape index (κ2) is 8.19. The smallest absolute Gasteiger partial charge is 0.248 e. The van der Waals surface area contributed by atoms with Crippen LogP contribution in [0.1, 0.15) is 36.3 Å². The number of hydrogen-bond donors (Lipinski definition) is 2. The summed E-state index contributed by atoms with van der Waals surface area (Å²) in [6.45, 7) is 5.07. The standard InChI is InChI=1S/C18H24Cl2N4OS/c1-10-11(2)26-18(23-10)22-8-12-3-5-14(6-4-12)24-9-13(19)7-15(16(24)20)17(21)25/h7,9,12,14,16H,3-6,8H2,1-2H3,(H2,21,25)(H,22,23). The predicted octanol–water partition coefficient (Wildman–Crippen LogP) is 4.10. The van der Waals surface area contributed by atoms with E-state index in [0.717, 1.165) is 43.1 Å². The SMILES string of the molecule is Cc1nc(NCC2CCC(N3C=C(Cl)C=C(C(N)=O)C3Cl)CC2)sc1C. The summed E-state index contributed by atoms with van der Waals surface area (Å²) in [5.74, 6) is 0.0908. The fraction of sp³-hybridized carbons (Fsp3) is 0.556. The molecule has 8 heteroatoms. The van der Waals surface area contributed by atoms with Gasteiger partial charge in [0.1, 0.15) is 5.50 Å². The summed E-state index contributed by atoms with van der Waals surface area (Å²) < 4.78 is 0. The van der Waals surface area contributed by atoms with E-state index in [2.05, 4.69) is 17.2 Å². The van der Waals surface area contributed by atoms with Gasteiger partial charge in [0.2, 0.25) is 5.91 Å². The number of halogens is 2. The molecule has 1 aromatic heterocycles. The third-order valence-electron chi connectivity index (χ3n) is 5.18. The van der Waals surface area contributed by atoms with Gasteiger partial charge in [0.25, 0.3) is 0 Å². The number of hydrogen-bond acceptors (Lipinski definition) is 5. The highest BCUT2D eigenvalue weighted by molar-refractivity contribution is 7.15. The minimum atomic E-state index is -0.545. The monoisotopic (exact) mass is 414 g/mol. The quantitative estimate of drug-likeness (QED) is 0.561. The number of carbonyl (C=O) groups excluding carboxylic acids is 1. The largest absolute Gasteiger partial charge is 0.366 e. The van der Waals surface area contributed by atoms with E-state index in [-0.39, 0.29) is 6.04 Å². The van der Waals surface area contributed by atoms with Gasteiger partial charge in [0, 0.05) is 23.7 Å². The van der Waals surface area contributed by atoms with E-state index < -0.39 is 11.4 Å². The Hall–Kier alpha value is -1.24. The maximum atomic E-state index is 11.6. The van der Waals surface area contributed by atoms with Crippen LogP contribution in [0.25, 0.3) is 0 Å². The van der Waals surface area contributed by atoms with Crippen LogP contribution in [0.2, 0.25) is 0 Å². The van der Waals surface area contributed by atoms with Gasteiger partial charge >= 0.3 is 0 Å². The number of alkyl halides is 1. The molecule has 142 valence electrons. The summed E-state index contributed by atoms with van der Waals surface area (Å²) in [6.07, 6.45) is 7.61. The van der Waals surface area contributed by atoms with E-state index in [4.69, 9.17) is 28.9 Å². The lowest BCUT2D eigenvalue weighted by Crippen LogP contribution is -2.43. The fourth-order valence-corrected chi connectivity index (χ4v) is 4.97. The minimum Gasteiger partial charge on any atom is -0.366 e. The van der Waals surface area contributed by atoms with Crippen LogP contribution in [-0.4, -0.2) is 33.9 Å². The average molecular weight is 415 g/mol. The second-order valence-corrected chi connectivity index (χ2v) is 9.03. The molecule has 1 unspecified atom stereocenters. The molecule has 2 aliphatic rings. The lowest BCUT2D eigenvalue weighted by molar-refractivity contribution is -0.115. The molecule has 1 aliphatic carbocycles. The van der Waals surface area contributed by atoms with E-state index in [1.807, 2.05) is 18.0 Å². The number of thiazole rings is 1. The summed E-state index contributed by atoms with van der Waals surface area (Å²) in [4.78, 5) is 19.4. The molecule has 26 heavy (non-hydrogen) atoms. The molecule has 0 radical (unpaired) electrons. The first kappa shape index (κ1) is 19.5. The van der Waals surface area contributed by atoms with Crippen molar-refractivity contribution in [3.05, 3.63) is 33.5 Å². The lowest BCUT2D eigenvalue weighted by Gasteiger charge is -2.40. The van der Waals surface area contributed by atoms with Crippen molar-refractivity contribution in [2.45, 2.75) is 51.1 Å². The van der Waals surface area contributed by atoms with Crippen molar-refractivity contribution in [3.8, 4) is 0 Å². The van der Waals surface area contributed by atoms with Crippen LogP contribution in [-0.2, 0) is 4.79 Å². The van der Waals surface area contributed by atoms with Crippen molar-refractivity contribution in [1.82, 2.24) is 9.88 Å². The Kier molecular flexibility index (Phi) is 6.15. The summed E-state index contributed by atoms with van der Waals surface area (Å²) in [5, 5.41) is 4.97. The molecule has 1 aromatic rings. The summed E-state index contributed by atoms with van der Waals surface area (Å²) >= 11 is 14.3. The van der Waals surface area contributed by atoms with Crippen LogP contribution in [0.15, 0.2) is 22.9 Å². The molecular formula is C18H24Cl2N4OS. The zero-order valence-electron chi connectivity index (χ0n) is 15.0. The third-order valence-corrected chi connectivity index (χ3v) is 6.87. The van der Waals surface area contributed by atoms with Gasteiger partial charge < -0.3 is 16.0 Å². The van der Waals surface area contributed by atoms with E-state index >= 15 is 0 Å². The molecule has 0 spiro atoms. The van der Waals surface area contributed by atoms with Crippen LogP contribution in [0.3, 0.4) is 0 Å². The molecule has 1 fully saturated rings. The molecule has 1 atom stereocenters. The van der Waals surface area contributed by atoms with Crippen LogP contribution in [0, 0.1) is 19.8 Å². The van der Waals surface area contributed by atoms with Crippen molar-refractivity contribution in [1.29, 1.82) is 0 Å². The Balaban J connectivity index is 1.53. The predicted molar refractivity (Wildman–Crippen MR) is 109 cm³/mol. The molecule has 0 aromatic carbocycles. The van der Waals surface area contributed by atoms with Crippen molar-refractivity contribution in [3.63, 3.8) is 0 Å². The number of rotatable bonds is 5. The maximum absolute atomic E-state index is 11.6. The van der Waals surface area contributed by atoms with Gasteiger partial charge in [-0.15, -0.1) is 11.3 Å². The van der Waals surface area contributed by atoms with Crippen molar-refractivity contribution < 1.29 is 4.79 Å². The number of aromatic nitrogens is 1. The van der Waals surface area contributed by atoms with Gasteiger partial charge in [-0.1, -0.05) is 23.2 Å². The topological polar surface area (TPSA) is 71.2 Å².